The molecule has 5 unspecified atom stereocenters. The van der Waals surface area contributed by atoms with Gasteiger partial charge in [0.2, 0.25) is 0 Å². The second-order valence-electron chi connectivity index (χ2n) is 11.3. The number of esters is 1. The average Bonchev–Trinajstić information content (AvgIpc) is 3.07. The van der Waals surface area contributed by atoms with Gasteiger partial charge in [-0.05, 0) is 52.9 Å². The van der Waals surface area contributed by atoms with E-state index < -0.39 is 18.4 Å². The molecule has 46 heavy (non-hydrogen) atoms. The summed E-state index contributed by atoms with van der Waals surface area (Å²) in [5, 5.41) is 25.3. The lowest BCUT2D eigenvalue weighted by Crippen LogP contribution is -2.39. The monoisotopic (exact) mass is 642 g/mol. The molecule has 0 spiro atoms. The van der Waals surface area contributed by atoms with Crippen molar-refractivity contribution < 1.29 is 33.6 Å². The number of aromatic nitrogens is 1. The van der Waals surface area contributed by atoms with E-state index in [0.717, 1.165) is 38.1 Å². The SMILES string of the molecule is CC(=O)OC(C)C(=O)NCc1cccc(-c2cccc(C3OC(CSc4cccc[n+]4[O-])C(C)C(c4ccc(CO)cc4)O3)c2)c1. The van der Waals surface area contributed by atoms with Gasteiger partial charge in [-0.15, -0.1) is 0 Å². The molecule has 9 nitrogen and oxygen atoms in total. The van der Waals surface area contributed by atoms with E-state index in [0.29, 0.717) is 10.8 Å². The fourth-order valence-electron chi connectivity index (χ4n) is 5.36. The van der Waals surface area contributed by atoms with Crippen LogP contribution in [0.1, 0.15) is 55.4 Å². The van der Waals surface area contributed by atoms with Crippen LogP contribution in [0, 0.1) is 11.1 Å². The maximum atomic E-state index is 12.3. The van der Waals surface area contributed by atoms with E-state index in [9.17, 15) is 19.9 Å². The minimum absolute atomic E-state index is 0.0221. The Kier molecular flexibility index (Phi) is 11.1. The van der Waals surface area contributed by atoms with Gasteiger partial charge < -0.3 is 29.8 Å². The van der Waals surface area contributed by atoms with Crippen LogP contribution in [0.25, 0.3) is 11.1 Å². The fourth-order valence-corrected chi connectivity index (χ4v) is 6.44. The second kappa shape index (κ2) is 15.4. The van der Waals surface area contributed by atoms with Gasteiger partial charge in [0.25, 0.3) is 10.9 Å². The lowest BCUT2D eigenvalue weighted by molar-refractivity contribution is -0.645. The summed E-state index contributed by atoms with van der Waals surface area (Å²) in [6, 6.07) is 29.0. The molecule has 5 rings (SSSR count). The number of nitrogens with zero attached hydrogens (tertiary/aromatic N) is 1. The Morgan fingerprint density at radius 1 is 0.957 bits per heavy atom. The first-order chi connectivity index (χ1) is 22.2. The molecule has 1 fully saturated rings. The van der Waals surface area contributed by atoms with Gasteiger partial charge in [-0.25, -0.2) is 0 Å². The van der Waals surface area contributed by atoms with Crippen LogP contribution < -0.4 is 10.0 Å². The van der Waals surface area contributed by atoms with Gasteiger partial charge in [-0.3, -0.25) is 9.59 Å². The molecule has 0 bridgehead atoms. The topological polar surface area (TPSA) is 121 Å². The summed E-state index contributed by atoms with van der Waals surface area (Å²) >= 11 is 1.45. The van der Waals surface area contributed by atoms with Gasteiger partial charge >= 0.3 is 5.97 Å². The highest BCUT2D eigenvalue weighted by molar-refractivity contribution is 7.99. The van der Waals surface area contributed by atoms with Gasteiger partial charge in [-0.2, -0.15) is 4.73 Å². The highest BCUT2D eigenvalue weighted by Gasteiger charge is 2.38. The predicted octanol–water partition coefficient (Wildman–Crippen LogP) is 5.63. The summed E-state index contributed by atoms with van der Waals surface area (Å²) in [7, 11) is 0. The molecule has 1 amide bonds. The van der Waals surface area contributed by atoms with Crippen molar-refractivity contribution in [1.29, 1.82) is 0 Å². The number of hydrogen-bond donors (Lipinski definition) is 2. The number of ether oxygens (including phenoxy) is 3. The Morgan fingerprint density at radius 2 is 1.70 bits per heavy atom. The van der Waals surface area contributed by atoms with Gasteiger partial charge in [0.1, 0.15) is 0 Å². The fraction of sp³-hybridized carbons (Fsp3) is 0.306. The smallest absolute Gasteiger partial charge is 0.303 e. The Morgan fingerprint density at radius 3 is 2.41 bits per heavy atom. The minimum Gasteiger partial charge on any atom is -0.618 e. The number of aliphatic hydroxyl groups is 1. The van der Waals surface area contributed by atoms with Gasteiger partial charge in [-0.1, -0.05) is 79.3 Å². The maximum absolute atomic E-state index is 12.3. The number of aliphatic hydroxyl groups excluding tert-OH is 1. The third-order valence-electron chi connectivity index (χ3n) is 7.91. The lowest BCUT2D eigenvalue weighted by Gasteiger charge is -2.41. The number of amides is 1. The maximum Gasteiger partial charge on any atom is 0.303 e. The van der Waals surface area contributed by atoms with Crippen molar-refractivity contribution >= 4 is 23.6 Å². The summed E-state index contributed by atoms with van der Waals surface area (Å²) in [5.41, 5.74) is 5.47. The van der Waals surface area contributed by atoms with Crippen LogP contribution in [-0.4, -0.2) is 34.9 Å². The average molecular weight is 643 g/mol. The number of nitrogens with one attached hydrogen (secondary N) is 1. The van der Waals surface area contributed by atoms with E-state index in [2.05, 4.69) is 12.2 Å². The summed E-state index contributed by atoms with van der Waals surface area (Å²) < 4.78 is 19.1. The van der Waals surface area contributed by atoms with Crippen LogP contribution >= 0.6 is 11.8 Å². The Labute approximate surface area is 273 Å². The first kappa shape index (κ1) is 33.2. The number of hydrogen-bond acceptors (Lipinski definition) is 8. The number of rotatable bonds is 11. The molecule has 240 valence electrons. The molecule has 2 heterocycles. The predicted molar refractivity (Wildman–Crippen MR) is 174 cm³/mol. The van der Waals surface area contributed by atoms with E-state index in [1.54, 1.807) is 12.1 Å². The van der Waals surface area contributed by atoms with E-state index in [1.807, 2.05) is 78.9 Å². The molecule has 0 radical (unpaired) electrons. The number of pyridine rings is 1. The largest absolute Gasteiger partial charge is 0.618 e. The molecular formula is C36H38N2O7S. The van der Waals surface area contributed by atoms with Crippen molar-refractivity contribution in [1.82, 2.24) is 5.32 Å². The Hall–Kier alpha value is -4.22. The van der Waals surface area contributed by atoms with Crippen molar-refractivity contribution in [3.05, 3.63) is 125 Å². The third kappa shape index (κ3) is 8.32. The van der Waals surface area contributed by atoms with Crippen LogP contribution in [0.15, 0.2) is 102 Å². The normalized spacial score (nSPS) is 20.1. The number of carbonyl (C=O) groups is 2. The van der Waals surface area contributed by atoms with Crippen molar-refractivity contribution in [2.75, 3.05) is 5.75 Å². The van der Waals surface area contributed by atoms with E-state index >= 15 is 0 Å². The molecule has 1 aromatic heterocycles. The van der Waals surface area contributed by atoms with E-state index in [1.165, 1.54) is 31.8 Å². The van der Waals surface area contributed by atoms with Crippen LogP contribution in [0.4, 0.5) is 0 Å². The standard InChI is InChI=1S/C36H38N2O7S/c1-23-32(22-46-33-12-4-5-17-38(33)42)44-36(45-34(23)28-15-13-26(21-39)14-16-28)31-11-7-10-30(19-31)29-9-6-8-27(18-29)20-37-35(41)24(2)43-25(3)40/h4-19,23-24,32,34,36,39H,20-22H2,1-3H3,(H,37,41). The molecule has 3 aromatic carbocycles. The van der Waals surface area contributed by atoms with Gasteiger partial charge in [0.15, 0.2) is 18.6 Å². The first-order valence-electron chi connectivity index (χ1n) is 15.2. The molecule has 2 N–H and O–H groups in total. The third-order valence-corrected chi connectivity index (χ3v) is 9.01. The van der Waals surface area contributed by atoms with Crippen molar-refractivity contribution in [3.63, 3.8) is 0 Å². The molecule has 5 atom stereocenters. The van der Waals surface area contributed by atoms with Crippen molar-refractivity contribution in [2.24, 2.45) is 5.92 Å². The summed E-state index contributed by atoms with van der Waals surface area (Å²) in [6.07, 6.45) is -0.551. The summed E-state index contributed by atoms with van der Waals surface area (Å²) in [5.74, 6) is -0.338. The van der Waals surface area contributed by atoms with Crippen LogP contribution in [-0.2, 0) is 37.0 Å². The van der Waals surface area contributed by atoms with E-state index in [-0.39, 0.29) is 37.2 Å². The molecule has 10 heteroatoms. The lowest BCUT2D eigenvalue weighted by atomic mass is 9.91. The first-order valence-corrected chi connectivity index (χ1v) is 16.2. The van der Waals surface area contributed by atoms with Crippen LogP contribution in [0.3, 0.4) is 0 Å². The molecule has 1 aliphatic heterocycles. The zero-order chi connectivity index (χ0) is 32.6. The summed E-state index contributed by atoms with van der Waals surface area (Å²) in [6.45, 7) is 5.15. The van der Waals surface area contributed by atoms with Crippen LogP contribution in [0.5, 0.6) is 0 Å². The Bertz CT molecular complexity index is 1650. The second-order valence-corrected chi connectivity index (χ2v) is 12.3. The quantitative estimate of drug-likeness (QED) is 0.0935. The number of thioether (sulfide) groups is 1. The zero-order valence-corrected chi connectivity index (χ0v) is 26.8. The molecular weight excluding hydrogens is 604 g/mol. The molecule has 4 aromatic rings. The van der Waals surface area contributed by atoms with Crippen molar-refractivity contribution in [2.45, 2.75) is 63.6 Å². The Balaban J connectivity index is 1.36. The highest BCUT2D eigenvalue weighted by Crippen LogP contribution is 2.43. The zero-order valence-electron chi connectivity index (χ0n) is 26.0. The van der Waals surface area contributed by atoms with Crippen molar-refractivity contribution in [3.8, 4) is 11.1 Å². The molecule has 0 saturated carbocycles. The van der Waals surface area contributed by atoms with Gasteiger partial charge in [0, 0.05) is 42.8 Å². The minimum atomic E-state index is -0.872. The molecule has 1 saturated heterocycles. The van der Waals surface area contributed by atoms with Crippen LogP contribution in [0.2, 0.25) is 0 Å². The van der Waals surface area contributed by atoms with Gasteiger partial charge in [0.05, 0.1) is 18.8 Å². The van der Waals surface area contributed by atoms with E-state index in [4.69, 9.17) is 14.2 Å². The number of benzene rings is 3. The number of carbonyl (C=O) groups excluding carboxylic acids is 2. The highest BCUT2D eigenvalue weighted by atomic mass is 32.2. The molecule has 1 aliphatic rings. The molecule has 0 aliphatic carbocycles. The summed E-state index contributed by atoms with van der Waals surface area (Å²) in [4.78, 5) is 23.5.